The minimum absolute atomic E-state index is 0.0686. The third-order valence-corrected chi connectivity index (χ3v) is 16.5. The van der Waals surface area contributed by atoms with Gasteiger partial charge in [-0.15, -0.1) is 0 Å². The van der Waals surface area contributed by atoms with Gasteiger partial charge in [-0.3, -0.25) is 37.3 Å². The molecular formula is C77H128O17P2. The van der Waals surface area contributed by atoms with E-state index in [9.17, 15) is 43.2 Å². The first-order chi connectivity index (χ1) is 46.7. The van der Waals surface area contributed by atoms with Gasteiger partial charge in [0.15, 0.2) is 12.2 Å². The molecule has 0 aliphatic heterocycles. The van der Waals surface area contributed by atoms with E-state index in [1.807, 2.05) is 12.2 Å². The summed E-state index contributed by atoms with van der Waals surface area (Å²) in [5, 5.41) is 10.6. The third-order valence-electron chi connectivity index (χ3n) is 14.6. The number of aliphatic hydroxyl groups excluding tert-OH is 1. The van der Waals surface area contributed by atoms with Crippen molar-refractivity contribution in [1.82, 2.24) is 0 Å². The summed E-state index contributed by atoms with van der Waals surface area (Å²) in [6.07, 6.45) is 74.7. The molecule has 0 aromatic rings. The molecule has 548 valence electrons. The number of aliphatic hydroxyl groups is 1. The first-order valence-corrected chi connectivity index (χ1v) is 39.4. The van der Waals surface area contributed by atoms with Crippen molar-refractivity contribution >= 4 is 39.5 Å². The number of hydrogen-bond acceptors (Lipinski definition) is 15. The number of hydrogen-bond donors (Lipinski definition) is 3. The van der Waals surface area contributed by atoms with Crippen LogP contribution in [0.15, 0.2) is 134 Å². The maximum absolute atomic E-state index is 13.0. The average molecular weight is 1390 g/mol. The normalized spacial score (nSPS) is 14.8. The van der Waals surface area contributed by atoms with Crippen LogP contribution < -0.4 is 0 Å². The molecule has 0 saturated carbocycles. The fraction of sp³-hybridized carbons (Fsp3) is 0.662. The molecule has 96 heavy (non-hydrogen) atoms. The molecule has 0 spiro atoms. The Kier molecular flexibility index (Phi) is 65.3. The summed E-state index contributed by atoms with van der Waals surface area (Å²) in [4.78, 5) is 72.6. The van der Waals surface area contributed by atoms with Crippen LogP contribution in [0, 0.1) is 0 Å². The molecule has 0 fully saturated rings. The third kappa shape index (κ3) is 67.8. The van der Waals surface area contributed by atoms with Crippen molar-refractivity contribution in [3.63, 3.8) is 0 Å². The molecule has 0 radical (unpaired) electrons. The van der Waals surface area contributed by atoms with Crippen molar-refractivity contribution in [1.29, 1.82) is 0 Å². The molecule has 5 atom stereocenters. The number of esters is 4. The Balaban J connectivity index is 5.42. The Morgan fingerprint density at radius 3 is 0.938 bits per heavy atom. The van der Waals surface area contributed by atoms with Gasteiger partial charge in [-0.25, -0.2) is 9.13 Å². The lowest BCUT2D eigenvalue weighted by molar-refractivity contribution is -0.161. The minimum Gasteiger partial charge on any atom is -0.462 e. The molecule has 0 aliphatic carbocycles. The molecule has 0 bridgehead atoms. The molecule has 0 saturated heterocycles. The summed E-state index contributed by atoms with van der Waals surface area (Å²) in [5.41, 5.74) is 0. The van der Waals surface area contributed by atoms with Crippen molar-refractivity contribution in [2.24, 2.45) is 0 Å². The molecule has 0 aliphatic rings. The number of phosphoric acid groups is 2. The molecule has 0 aromatic carbocycles. The van der Waals surface area contributed by atoms with Gasteiger partial charge in [-0.2, -0.15) is 0 Å². The van der Waals surface area contributed by atoms with Crippen LogP contribution in [0.3, 0.4) is 0 Å². The highest BCUT2D eigenvalue weighted by molar-refractivity contribution is 7.47. The Hall–Kier alpha value is -4.80. The fourth-order valence-corrected chi connectivity index (χ4v) is 10.6. The van der Waals surface area contributed by atoms with E-state index in [1.54, 1.807) is 0 Å². The maximum atomic E-state index is 13.0. The van der Waals surface area contributed by atoms with Gasteiger partial charge >= 0.3 is 39.5 Å². The SMILES string of the molecule is CC/C=C\C/C=C\C/C=C\C/C=C\C/C=C\CCCC(=O)OCC(COP(=O)(O)OCC(O)COP(=O)(O)OCC(COC(=O)CCCC/C=C\C/C=C\C/C=C\C/C=C\CC)OC(=O)CCCCCCC/C=C\CCCC)OC(=O)CCCCCCC/C=C\CCCCCC. The summed E-state index contributed by atoms with van der Waals surface area (Å²) in [5.74, 6) is -2.32. The molecule has 0 rings (SSSR count). The molecular weight excluding hydrogens is 1260 g/mol. The second-order valence-corrected chi connectivity index (χ2v) is 26.7. The van der Waals surface area contributed by atoms with E-state index < -0.39 is 97.5 Å². The lowest BCUT2D eigenvalue weighted by Gasteiger charge is -2.21. The van der Waals surface area contributed by atoms with Crippen molar-refractivity contribution in [3.05, 3.63) is 134 Å². The number of carbonyl (C=O) groups is 4. The van der Waals surface area contributed by atoms with Gasteiger partial charge in [0.2, 0.25) is 0 Å². The van der Waals surface area contributed by atoms with E-state index in [2.05, 4.69) is 149 Å². The molecule has 0 amide bonds. The van der Waals surface area contributed by atoms with Crippen molar-refractivity contribution in [2.45, 2.75) is 290 Å². The van der Waals surface area contributed by atoms with Crippen LogP contribution in [0.4, 0.5) is 0 Å². The van der Waals surface area contributed by atoms with E-state index in [1.165, 1.54) is 38.5 Å². The number of allylic oxidation sites excluding steroid dienone is 22. The summed E-state index contributed by atoms with van der Waals surface area (Å²) >= 11 is 0. The lowest BCUT2D eigenvalue weighted by atomic mass is 10.1. The van der Waals surface area contributed by atoms with Gasteiger partial charge in [0, 0.05) is 25.7 Å². The Labute approximate surface area is 580 Å². The Bertz CT molecular complexity index is 2350. The van der Waals surface area contributed by atoms with Gasteiger partial charge in [0.1, 0.15) is 19.3 Å². The van der Waals surface area contributed by atoms with Crippen LogP contribution in [0.5, 0.6) is 0 Å². The largest absolute Gasteiger partial charge is 0.472 e. The Morgan fingerprint density at radius 2 is 0.562 bits per heavy atom. The molecule has 0 heterocycles. The van der Waals surface area contributed by atoms with Crippen LogP contribution >= 0.6 is 15.6 Å². The predicted octanol–water partition coefficient (Wildman–Crippen LogP) is 20.5. The van der Waals surface area contributed by atoms with E-state index in [4.69, 9.17) is 37.0 Å². The quantitative estimate of drug-likeness (QED) is 0.0169. The average Bonchev–Trinajstić information content (AvgIpc) is 1.17. The highest BCUT2D eigenvalue weighted by Crippen LogP contribution is 2.45. The van der Waals surface area contributed by atoms with Crippen molar-refractivity contribution in [3.8, 4) is 0 Å². The number of carbonyl (C=O) groups excluding carboxylic acids is 4. The molecule has 0 aromatic heterocycles. The van der Waals surface area contributed by atoms with Crippen molar-refractivity contribution < 1.29 is 80.2 Å². The summed E-state index contributed by atoms with van der Waals surface area (Å²) in [6.45, 7) is 4.43. The first kappa shape index (κ1) is 91.2. The second kappa shape index (κ2) is 68.7. The zero-order valence-corrected chi connectivity index (χ0v) is 61.3. The highest BCUT2D eigenvalue weighted by atomic mass is 31.2. The van der Waals surface area contributed by atoms with Crippen LogP contribution in [-0.4, -0.2) is 96.7 Å². The van der Waals surface area contributed by atoms with E-state index >= 15 is 0 Å². The van der Waals surface area contributed by atoms with E-state index in [0.29, 0.717) is 32.1 Å². The summed E-state index contributed by atoms with van der Waals surface area (Å²) < 4.78 is 68.2. The maximum Gasteiger partial charge on any atom is 0.472 e. The zero-order valence-electron chi connectivity index (χ0n) is 59.5. The highest BCUT2D eigenvalue weighted by Gasteiger charge is 2.30. The molecule has 5 unspecified atom stereocenters. The molecule has 3 N–H and O–H groups in total. The number of unbranched alkanes of at least 4 members (excludes halogenated alkanes) is 19. The standard InChI is InChI=1S/C77H128O17P2/c1-5-9-13-17-21-25-29-32-34-35-37-40-43-46-50-54-58-62-75(80)88-68-73(94-77(82)64-60-56-52-48-44-38-31-27-23-19-15-11-7-3)70-92-96(85,86)90-66-71(78)65-89-95(83,84)91-69-72(93-76(81)63-59-55-51-47-41-28-24-20-16-12-8-4)67-87-74(79)61-57-53-49-45-42-39-36-33-30-26-22-18-14-10-6-2/h9-10,13-14,20-22,24-27,31-34,36-37,40,42,45-46,50,71-73,78H,5-8,11-12,15-19,23,28-30,35,38-39,41,43-44,47-49,51-70H2,1-4H3,(H,83,84)(H,85,86)/b13-9-,14-10-,24-20-,25-21-,26-22-,31-27-,34-32-,36-33-,40-37-,45-42-,50-46-. The van der Waals surface area contributed by atoms with Gasteiger partial charge in [0.25, 0.3) is 0 Å². The van der Waals surface area contributed by atoms with Crippen LogP contribution in [0.2, 0.25) is 0 Å². The van der Waals surface area contributed by atoms with Gasteiger partial charge in [0.05, 0.1) is 26.4 Å². The van der Waals surface area contributed by atoms with Gasteiger partial charge in [-0.1, -0.05) is 232 Å². The number of phosphoric ester groups is 2. The molecule has 19 heteroatoms. The monoisotopic (exact) mass is 1390 g/mol. The van der Waals surface area contributed by atoms with Gasteiger partial charge in [-0.05, 0) is 148 Å². The van der Waals surface area contributed by atoms with Gasteiger partial charge < -0.3 is 33.8 Å². The first-order valence-electron chi connectivity index (χ1n) is 36.4. The zero-order chi connectivity index (χ0) is 70.4. The minimum atomic E-state index is -4.99. The van der Waals surface area contributed by atoms with Crippen LogP contribution in [0.25, 0.3) is 0 Å². The summed E-state index contributed by atoms with van der Waals surface area (Å²) in [7, 11) is -9.98. The predicted molar refractivity (Wildman–Crippen MR) is 390 cm³/mol. The number of rotatable bonds is 67. The van der Waals surface area contributed by atoms with Crippen LogP contribution in [-0.2, 0) is 65.4 Å². The summed E-state index contributed by atoms with van der Waals surface area (Å²) in [6, 6.07) is 0. The fourth-order valence-electron chi connectivity index (χ4n) is 9.04. The number of ether oxygens (including phenoxy) is 4. The second-order valence-electron chi connectivity index (χ2n) is 23.8. The van der Waals surface area contributed by atoms with E-state index in [-0.39, 0.29) is 25.7 Å². The van der Waals surface area contributed by atoms with Crippen molar-refractivity contribution in [2.75, 3.05) is 39.6 Å². The topological polar surface area (TPSA) is 237 Å². The van der Waals surface area contributed by atoms with E-state index in [0.717, 1.165) is 148 Å². The van der Waals surface area contributed by atoms with Crippen LogP contribution in [0.1, 0.15) is 272 Å². The smallest absolute Gasteiger partial charge is 0.462 e. The Morgan fingerprint density at radius 1 is 0.302 bits per heavy atom. The molecule has 17 nitrogen and oxygen atoms in total. The lowest BCUT2D eigenvalue weighted by Crippen LogP contribution is -2.30.